The molecule has 0 radical (unpaired) electrons. The lowest BCUT2D eigenvalue weighted by Gasteiger charge is -2.18. The van der Waals surface area contributed by atoms with Gasteiger partial charge in [-0.05, 0) is 39.0 Å². The van der Waals surface area contributed by atoms with Gasteiger partial charge in [-0.3, -0.25) is 0 Å². The fourth-order valence-electron chi connectivity index (χ4n) is 1.43. The summed E-state index contributed by atoms with van der Waals surface area (Å²) in [7, 11) is 2.33. The molecule has 0 aliphatic heterocycles. The van der Waals surface area contributed by atoms with Gasteiger partial charge in [0.05, 0.1) is 0 Å². The number of rotatable bonds is 5. The van der Waals surface area contributed by atoms with E-state index < -0.39 is 0 Å². The van der Waals surface area contributed by atoms with Gasteiger partial charge in [0.2, 0.25) is 0 Å². The van der Waals surface area contributed by atoms with Crippen molar-refractivity contribution in [2.75, 3.05) is 0 Å². The Morgan fingerprint density at radius 2 is 2.09 bits per heavy atom. The Kier molecular flexibility index (Phi) is 11.6. The van der Waals surface area contributed by atoms with Crippen LogP contribution in [0, 0.1) is 0 Å². The van der Waals surface area contributed by atoms with Gasteiger partial charge in [-0.1, -0.05) is 19.9 Å². The van der Waals surface area contributed by atoms with E-state index in [0.29, 0.717) is 22.8 Å². The lowest BCUT2D eigenvalue weighted by atomic mass is 10.5. The second-order valence-corrected chi connectivity index (χ2v) is 29.9. The number of nitrogens with two attached hydrogens (primary N) is 1. The summed E-state index contributed by atoms with van der Waals surface area (Å²) in [6.07, 6.45) is 1.26. The normalized spacial score (nSPS) is 17.7. The smallest absolute Gasteiger partial charge is 0.0403 e. The first kappa shape index (κ1) is 14.3. The largest absolute Gasteiger partial charge is 0.344 e. The topological polar surface area (TPSA) is 61.0 Å². The Hall–Kier alpha value is 0.788. The van der Waals surface area contributed by atoms with Crippen LogP contribution in [0.4, 0.5) is 0 Å². The molecule has 0 fully saturated rings. The van der Waals surface area contributed by atoms with Crippen LogP contribution in [0.3, 0.4) is 0 Å². The molecule has 0 aromatic heterocycles. The molecule has 2 nitrogen and oxygen atoms in total. The van der Waals surface area contributed by atoms with Crippen LogP contribution in [0.1, 0.15) is 20.3 Å². The van der Waals surface area contributed by atoms with Gasteiger partial charge in [0.15, 0.2) is 0 Å². The minimum atomic E-state index is -0.294. The molecule has 0 spiro atoms. The van der Waals surface area contributed by atoms with Gasteiger partial charge in [0.25, 0.3) is 0 Å². The van der Waals surface area contributed by atoms with E-state index in [9.17, 15) is 0 Å². The van der Waals surface area contributed by atoms with E-state index in [2.05, 4.69) is 13.8 Å². The highest BCUT2D eigenvalue weighted by Crippen LogP contribution is 1.97. The lowest BCUT2D eigenvalue weighted by Crippen LogP contribution is -2.44. The van der Waals surface area contributed by atoms with Crippen molar-refractivity contribution >= 4 is 35.2 Å². The molecule has 0 aromatic rings. The highest BCUT2D eigenvalue weighted by molar-refractivity contribution is 7.46. The monoisotopic (exact) mass is 224 g/mol. The van der Waals surface area contributed by atoms with Gasteiger partial charge in [0.1, 0.15) is 0 Å². The first-order valence-electron chi connectivity index (χ1n) is 4.51. The predicted octanol–water partition coefficient (Wildman–Crippen LogP) is -2.30. The summed E-state index contributed by atoms with van der Waals surface area (Å²) in [5.41, 5.74) is 6.74. The lowest BCUT2D eigenvalue weighted by molar-refractivity contribution is 0.837. The third kappa shape index (κ3) is 6.00. The van der Waals surface area contributed by atoms with Crippen molar-refractivity contribution in [3.8, 4) is 0 Å². The fourth-order valence-corrected chi connectivity index (χ4v) is 44.2. The maximum Gasteiger partial charge on any atom is 0.0403 e. The molecule has 0 amide bonds. The SMILES string of the molecule is CCC(N)[SiH](CC)[SiH2][SiH2][SiH3].N. The van der Waals surface area contributed by atoms with E-state index in [1.807, 2.05) is 0 Å². The van der Waals surface area contributed by atoms with Crippen molar-refractivity contribution in [1.82, 2.24) is 6.15 Å². The fraction of sp³-hybridized carbons (Fsp3) is 1.00. The molecular formula is C5H24N2Si4. The van der Waals surface area contributed by atoms with Crippen LogP contribution in [-0.2, 0) is 0 Å². The maximum absolute atomic E-state index is 6.05. The van der Waals surface area contributed by atoms with Crippen LogP contribution in [0.5, 0.6) is 0 Å². The van der Waals surface area contributed by atoms with Crippen LogP contribution in [-0.4, -0.2) is 40.8 Å². The zero-order chi connectivity index (χ0) is 7.98. The second kappa shape index (κ2) is 8.88. The van der Waals surface area contributed by atoms with E-state index in [-0.39, 0.29) is 14.5 Å². The molecule has 2 unspecified atom stereocenters. The number of hydrogen-bond acceptors (Lipinski definition) is 2. The van der Waals surface area contributed by atoms with Crippen LogP contribution in [0.25, 0.3) is 0 Å². The van der Waals surface area contributed by atoms with E-state index in [0.717, 1.165) is 0 Å². The summed E-state index contributed by atoms with van der Waals surface area (Å²) in [6.45, 7) is 4.62. The van der Waals surface area contributed by atoms with Gasteiger partial charge in [-0.15, -0.1) is 0 Å². The molecule has 0 heterocycles. The van der Waals surface area contributed by atoms with E-state index in [1.54, 1.807) is 9.76 Å². The second-order valence-electron chi connectivity index (χ2n) is 3.03. The molecule has 0 aromatic carbocycles. The molecule has 11 heavy (non-hydrogen) atoms. The van der Waals surface area contributed by atoms with Crippen LogP contribution < -0.4 is 11.9 Å². The van der Waals surface area contributed by atoms with Crippen molar-refractivity contribution in [3.05, 3.63) is 0 Å². The Labute approximate surface area is 79.3 Å². The zero-order valence-electron chi connectivity index (χ0n) is 8.27. The molecule has 0 aliphatic rings. The van der Waals surface area contributed by atoms with Crippen molar-refractivity contribution in [2.24, 2.45) is 5.73 Å². The molecule has 6 heteroatoms. The third-order valence-corrected chi connectivity index (χ3v) is 41.3. The summed E-state index contributed by atoms with van der Waals surface area (Å²) in [5.74, 6) is 0. The Balaban J connectivity index is 0. The molecule has 0 bridgehead atoms. The van der Waals surface area contributed by atoms with E-state index in [1.165, 1.54) is 12.5 Å². The summed E-state index contributed by atoms with van der Waals surface area (Å²) >= 11 is 0. The Morgan fingerprint density at radius 1 is 1.55 bits per heavy atom. The van der Waals surface area contributed by atoms with Crippen LogP contribution in [0.2, 0.25) is 6.04 Å². The van der Waals surface area contributed by atoms with Crippen LogP contribution >= 0.6 is 0 Å². The minimum absolute atomic E-state index is 0. The summed E-state index contributed by atoms with van der Waals surface area (Å²) in [5, 5.41) is 0. The van der Waals surface area contributed by atoms with Crippen molar-refractivity contribution in [3.63, 3.8) is 0 Å². The molecule has 0 rings (SSSR count). The summed E-state index contributed by atoms with van der Waals surface area (Å²) in [4.78, 5) is 0. The van der Waals surface area contributed by atoms with E-state index in [4.69, 9.17) is 5.73 Å². The quantitative estimate of drug-likeness (QED) is 0.516. The van der Waals surface area contributed by atoms with Crippen molar-refractivity contribution in [2.45, 2.75) is 32.0 Å². The first-order chi connectivity index (χ1) is 4.76. The van der Waals surface area contributed by atoms with Gasteiger partial charge in [0, 0.05) is 8.31 Å². The molecule has 0 saturated carbocycles. The third-order valence-electron chi connectivity index (χ3n) is 2.26. The standard InChI is InChI=1S/C5H21NSi4.H3N/c1-3-5(6)10(4-2)9-8-7;/h5,10H,3-4,6,8-9H2,1-2,7H3;1H3. The molecular weight excluding hydrogens is 200 g/mol. The first-order valence-corrected chi connectivity index (χ1v) is 18.9. The minimum Gasteiger partial charge on any atom is -0.344 e. The average Bonchev–Trinajstić information content (AvgIpc) is 1.99. The highest BCUT2D eigenvalue weighted by atomic mass is 29.7. The van der Waals surface area contributed by atoms with Crippen molar-refractivity contribution < 1.29 is 0 Å². The summed E-state index contributed by atoms with van der Waals surface area (Å²) < 4.78 is 0. The zero-order valence-corrected chi connectivity index (χ0v) is 14.3. The molecule has 70 valence electrons. The molecule has 0 aliphatic carbocycles. The molecule has 5 N–H and O–H groups in total. The van der Waals surface area contributed by atoms with E-state index >= 15 is 0 Å². The van der Waals surface area contributed by atoms with Crippen LogP contribution in [0.15, 0.2) is 0 Å². The van der Waals surface area contributed by atoms with Gasteiger partial charge in [-0.25, -0.2) is 0 Å². The predicted molar refractivity (Wildman–Crippen MR) is 67.9 cm³/mol. The maximum atomic E-state index is 6.05. The van der Waals surface area contributed by atoms with Gasteiger partial charge < -0.3 is 11.9 Å². The summed E-state index contributed by atoms with van der Waals surface area (Å²) in [6, 6.07) is 1.50. The Bertz CT molecular complexity index is 82.9. The molecule has 2 atom stereocenters. The average molecular weight is 225 g/mol. The van der Waals surface area contributed by atoms with Gasteiger partial charge in [-0.2, -0.15) is 0 Å². The number of hydrogen-bond donors (Lipinski definition) is 2. The van der Waals surface area contributed by atoms with Gasteiger partial charge >= 0.3 is 0 Å². The molecule has 0 saturated heterocycles. The Morgan fingerprint density at radius 3 is 2.36 bits per heavy atom. The highest BCUT2D eigenvalue weighted by Gasteiger charge is 2.14. The van der Waals surface area contributed by atoms with Crippen molar-refractivity contribution in [1.29, 1.82) is 0 Å².